The number of aromatic hydroxyl groups is 2. The van der Waals surface area contributed by atoms with Crippen LogP contribution in [0.3, 0.4) is 0 Å². The van der Waals surface area contributed by atoms with E-state index in [-0.39, 0.29) is 0 Å². The van der Waals surface area contributed by atoms with Crippen molar-refractivity contribution in [2.45, 2.75) is 6.42 Å². The van der Waals surface area contributed by atoms with Crippen LogP contribution < -0.4 is 4.74 Å². The van der Waals surface area contributed by atoms with Gasteiger partial charge >= 0.3 is 11.9 Å². The average Bonchev–Trinajstić information content (AvgIpc) is 2.41. The van der Waals surface area contributed by atoms with Gasteiger partial charge in [-0.3, -0.25) is 14.4 Å². The van der Waals surface area contributed by atoms with Crippen molar-refractivity contribution in [1.29, 1.82) is 0 Å². The molecule has 0 aliphatic heterocycles. The molecule has 2 rings (SSSR count). The van der Waals surface area contributed by atoms with Gasteiger partial charge in [0.2, 0.25) is 11.6 Å². The van der Waals surface area contributed by atoms with Crippen LogP contribution in [0.1, 0.15) is 16.8 Å². The number of benzene rings is 1. The fraction of sp³-hybridized carbons (Fsp3) is 0.0714. The summed E-state index contributed by atoms with van der Waals surface area (Å²) in [6.45, 7) is 0. The lowest BCUT2D eigenvalue weighted by Gasteiger charge is -2.12. The number of carbonyl (C=O) groups excluding carboxylic acids is 4. The van der Waals surface area contributed by atoms with E-state index in [1.807, 2.05) is 0 Å². The lowest BCUT2D eigenvalue weighted by Crippen LogP contribution is -2.29. The first kappa shape index (κ1) is 15.9. The topological polar surface area (TPSA) is 155 Å². The molecule has 0 heterocycles. The number of carboxylic acids is 1. The Bertz CT molecular complexity index is 801. The molecule has 1 aromatic rings. The standard InChI is InChI=1S/C14H8O9/c15-5-1-10(19)12(13(20)21)11(2-5)23-14(22)6-3-8(17)9(18)4-7(6)16/h1-3,15,19H,4H2,(H,20,21). The van der Waals surface area contributed by atoms with E-state index in [2.05, 4.69) is 4.74 Å². The van der Waals surface area contributed by atoms with Crippen LogP contribution in [0.15, 0.2) is 23.8 Å². The number of carbonyl (C=O) groups is 5. The fourth-order valence-electron chi connectivity index (χ4n) is 1.83. The molecule has 0 saturated heterocycles. The molecule has 9 nitrogen and oxygen atoms in total. The van der Waals surface area contributed by atoms with Crippen LogP contribution in [0, 0.1) is 0 Å². The van der Waals surface area contributed by atoms with E-state index >= 15 is 0 Å². The first-order valence-corrected chi connectivity index (χ1v) is 6.04. The summed E-state index contributed by atoms with van der Waals surface area (Å²) in [6, 6.07) is 1.45. The maximum atomic E-state index is 11.9. The summed E-state index contributed by atoms with van der Waals surface area (Å²) < 4.78 is 4.67. The van der Waals surface area contributed by atoms with Crippen molar-refractivity contribution >= 4 is 29.3 Å². The van der Waals surface area contributed by atoms with Crippen molar-refractivity contribution in [1.82, 2.24) is 0 Å². The molecule has 0 unspecified atom stereocenters. The van der Waals surface area contributed by atoms with Crippen LogP contribution >= 0.6 is 0 Å². The zero-order chi connectivity index (χ0) is 17.3. The number of hydrogen-bond donors (Lipinski definition) is 3. The van der Waals surface area contributed by atoms with Gasteiger partial charge in [0, 0.05) is 18.2 Å². The van der Waals surface area contributed by atoms with Crippen molar-refractivity contribution in [2.24, 2.45) is 0 Å². The van der Waals surface area contributed by atoms with E-state index in [9.17, 15) is 34.2 Å². The summed E-state index contributed by atoms with van der Waals surface area (Å²) in [5.74, 6) is -8.22. The van der Waals surface area contributed by atoms with Gasteiger partial charge in [-0.25, -0.2) is 9.59 Å². The number of ketones is 3. The molecule has 1 aromatic carbocycles. The predicted molar refractivity (Wildman–Crippen MR) is 70.1 cm³/mol. The summed E-state index contributed by atoms with van der Waals surface area (Å²) in [5.41, 5.74) is -1.55. The van der Waals surface area contributed by atoms with Crippen molar-refractivity contribution in [3.63, 3.8) is 0 Å². The Hall–Kier alpha value is -3.49. The van der Waals surface area contributed by atoms with Gasteiger partial charge in [0.1, 0.15) is 22.6 Å². The average molecular weight is 320 g/mol. The molecular weight excluding hydrogens is 312 g/mol. The van der Waals surface area contributed by atoms with Gasteiger partial charge < -0.3 is 20.1 Å². The molecule has 3 N–H and O–H groups in total. The molecule has 0 atom stereocenters. The van der Waals surface area contributed by atoms with E-state index in [0.717, 1.165) is 6.07 Å². The molecular formula is C14H8O9. The molecule has 0 fully saturated rings. The van der Waals surface area contributed by atoms with Gasteiger partial charge in [-0.05, 0) is 0 Å². The monoisotopic (exact) mass is 320 g/mol. The summed E-state index contributed by atoms with van der Waals surface area (Å²) in [6.07, 6.45) is -0.295. The Kier molecular flexibility index (Phi) is 3.95. The second-order valence-corrected chi connectivity index (χ2v) is 4.48. The van der Waals surface area contributed by atoms with E-state index in [1.165, 1.54) is 0 Å². The summed E-state index contributed by atoms with van der Waals surface area (Å²) in [5, 5.41) is 27.8. The van der Waals surface area contributed by atoms with E-state index in [4.69, 9.17) is 5.11 Å². The Morgan fingerprint density at radius 2 is 1.70 bits per heavy atom. The quantitative estimate of drug-likeness (QED) is 0.224. The minimum Gasteiger partial charge on any atom is -0.508 e. The van der Waals surface area contributed by atoms with E-state index in [1.54, 1.807) is 0 Å². The van der Waals surface area contributed by atoms with Crippen LogP contribution in [0.25, 0.3) is 0 Å². The van der Waals surface area contributed by atoms with Crippen LogP contribution in [-0.2, 0) is 19.2 Å². The highest BCUT2D eigenvalue weighted by atomic mass is 16.5. The number of phenolic OH excluding ortho intramolecular Hbond substituents is 1. The van der Waals surface area contributed by atoms with Crippen molar-refractivity contribution in [3.05, 3.63) is 29.3 Å². The molecule has 1 aliphatic carbocycles. The molecule has 9 heteroatoms. The Balaban J connectivity index is 2.40. The largest absolute Gasteiger partial charge is 0.508 e. The molecule has 0 bridgehead atoms. The second-order valence-electron chi connectivity index (χ2n) is 4.48. The fourth-order valence-corrected chi connectivity index (χ4v) is 1.83. The summed E-state index contributed by atoms with van der Waals surface area (Å²) in [7, 11) is 0. The third-order valence-corrected chi connectivity index (χ3v) is 2.87. The molecule has 118 valence electrons. The number of rotatable bonds is 3. The molecule has 0 radical (unpaired) electrons. The number of phenols is 2. The maximum Gasteiger partial charge on any atom is 0.347 e. The molecule has 0 amide bonds. The number of hydrogen-bond acceptors (Lipinski definition) is 8. The lowest BCUT2D eigenvalue weighted by molar-refractivity contribution is -0.138. The van der Waals surface area contributed by atoms with Crippen LogP contribution in [0.2, 0.25) is 0 Å². The minimum absolute atomic E-state index is 0.500. The number of esters is 1. The van der Waals surface area contributed by atoms with Crippen LogP contribution in [0.5, 0.6) is 17.2 Å². The van der Waals surface area contributed by atoms with Crippen molar-refractivity contribution in [3.8, 4) is 17.2 Å². The zero-order valence-electron chi connectivity index (χ0n) is 11.2. The molecule has 0 spiro atoms. The van der Waals surface area contributed by atoms with Gasteiger partial charge in [-0.1, -0.05) is 0 Å². The Labute approximate surface area is 127 Å². The van der Waals surface area contributed by atoms with E-state index < -0.39 is 64.1 Å². The van der Waals surface area contributed by atoms with Crippen molar-refractivity contribution < 1.29 is 44.0 Å². The molecule has 1 aliphatic rings. The van der Waals surface area contributed by atoms with E-state index in [0.29, 0.717) is 12.1 Å². The van der Waals surface area contributed by atoms with Gasteiger partial charge in [-0.15, -0.1) is 0 Å². The highest BCUT2D eigenvalue weighted by Crippen LogP contribution is 2.33. The number of carboxylic acid groups (broad SMARTS) is 1. The first-order valence-electron chi connectivity index (χ1n) is 6.04. The highest BCUT2D eigenvalue weighted by molar-refractivity contribution is 6.50. The molecule has 23 heavy (non-hydrogen) atoms. The number of ether oxygens (including phenoxy) is 1. The lowest BCUT2D eigenvalue weighted by atomic mass is 9.96. The highest BCUT2D eigenvalue weighted by Gasteiger charge is 2.32. The molecule has 0 saturated carbocycles. The van der Waals surface area contributed by atoms with Gasteiger partial charge in [-0.2, -0.15) is 0 Å². The van der Waals surface area contributed by atoms with Gasteiger partial charge in [0.05, 0.1) is 6.42 Å². The minimum atomic E-state index is -1.65. The summed E-state index contributed by atoms with van der Waals surface area (Å²) in [4.78, 5) is 56.8. The molecule has 0 aromatic heterocycles. The SMILES string of the molecule is O=C1C=C(C(=O)Oc2cc(O)cc(O)c2C(=O)O)C(=O)CC1=O. The van der Waals surface area contributed by atoms with Gasteiger partial charge in [0.15, 0.2) is 11.5 Å². The number of aromatic carboxylic acids is 1. The van der Waals surface area contributed by atoms with Crippen molar-refractivity contribution in [2.75, 3.05) is 0 Å². The number of allylic oxidation sites excluding steroid dienone is 1. The Morgan fingerprint density at radius 3 is 2.30 bits per heavy atom. The normalized spacial score (nSPS) is 14.4. The van der Waals surface area contributed by atoms with Gasteiger partial charge in [0.25, 0.3) is 0 Å². The van der Waals surface area contributed by atoms with Crippen LogP contribution in [0.4, 0.5) is 0 Å². The maximum absolute atomic E-state index is 11.9. The second kappa shape index (κ2) is 5.72. The Morgan fingerprint density at radius 1 is 1.04 bits per heavy atom. The number of Topliss-reactive ketones (excluding diaryl/α,β-unsaturated/α-hetero) is 2. The predicted octanol–water partition coefficient (Wildman–Crippen LogP) is -0.261. The summed E-state index contributed by atoms with van der Waals surface area (Å²) >= 11 is 0. The third kappa shape index (κ3) is 3.07. The first-order chi connectivity index (χ1) is 10.7. The zero-order valence-corrected chi connectivity index (χ0v) is 11.2. The van der Waals surface area contributed by atoms with Crippen LogP contribution in [-0.4, -0.2) is 44.6 Å². The smallest absolute Gasteiger partial charge is 0.347 e. The third-order valence-electron chi connectivity index (χ3n) is 2.87.